The third-order valence-electron chi connectivity index (χ3n) is 5.24. The number of hydrogen-bond donors (Lipinski definition) is 2. The molecular weight excluding hydrogens is 302 g/mol. The van der Waals surface area contributed by atoms with Gasteiger partial charge < -0.3 is 16.0 Å². The zero-order valence-corrected chi connectivity index (χ0v) is 14.8. The van der Waals surface area contributed by atoms with Crippen molar-refractivity contribution in [3.63, 3.8) is 0 Å². The summed E-state index contributed by atoms with van der Waals surface area (Å²) >= 11 is 0. The Bertz CT molecular complexity index is 567. The highest BCUT2D eigenvalue weighted by Gasteiger charge is 2.33. The summed E-state index contributed by atoms with van der Waals surface area (Å²) in [6.45, 7) is 5.91. The minimum absolute atomic E-state index is 0.0434. The van der Waals surface area contributed by atoms with E-state index in [-0.39, 0.29) is 11.8 Å². The van der Waals surface area contributed by atoms with Crippen LogP contribution in [0, 0.1) is 5.41 Å². The second kappa shape index (κ2) is 8.29. The maximum atomic E-state index is 12.6. The molecule has 1 aliphatic rings. The average molecular weight is 331 g/mol. The van der Waals surface area contributed by atoms with Crippen LogP contribution in [0.3, 0.4) is 0 Å². The number of carbonyl (C=O) groups excluding carboxylic acids is 2. The maximum absolute atomic E-state index is 12.6. The van der Waals surface area contributed by atoms with Crippen molar-refractivity contribution in [3.8, 4) is 0 Å². The number of piperidine rings is 1. The average Bonchev–Trinajstić information content (AvgIpc) is 2.64. The predicted octanol–water partition coefficient (Wildman–Crippen LogP) is 3.02. The Labute approximate surface area is 144 Å². The molecular formula is C19H29N3O2. The number of nitrogens with zero attached hydrogens (tertiary/aromatic N) is 1. The van der Waals surface area contributed by atoms with E-state index in [4.69, 9.17) is 5.73 Å². The van der Waals surface area contributed by atoms with E-state index in [9.17, 15) is 9.59 Å². The smallest absolute Gasteiger partial charge is 0.253 e. The lowest BCUT2D eigenvalue weighted by atomic mass is 9.81. The zero-order valence-electron chi connectivity index (χ0n) is 14.8. The Morgan fingerprint density at radius 2 is 1.83 bits per heavy atom. The van der Waals surface area contributed by atoms with Crippen LogP contribution in [0.1, 0.15) is 56.3 Å². The fourth-order valence-corrected chi connectivity index (χ4v) is 3.23. The number of carbonyl (C=O) groups is 2. The molecule has 1 aromatic rings. The van der Waals surface area contributed by atoms with E-state index >= 15 is 0 Å². The SMILES string of the molecule is CCC(CC)(CN)C(=O)Nc1cccc(C(=O)N2CCCCC2)c1. The lowest BCUT2D eigenvalue weighted by Crippen LogP contribution is -2.41. The summed E-state index contributed by atoms with van der Waals surface area (Å²) in [6, 6.07) is 7.20. The van der Waals surface area contributed by atoms with Gasteiger partial charge in [0.2, 0.25) is 5.91 Å². The molecule has 2 rings (SSSR count). The quantitative estimate of drug-likeness (QED) is 0.841. The molecule has 0 radical (unpaired) electrons. The molecule has 0 aliphatic carbocycles. The fraction of sp³-hybridized carbons (Fsp3) is 0.579. The van der Waals surface area contributed by atoms with Crippen molar-refractivity contribution in [2.45, 2.75) is 46.0 Å². The van der Waals surface area contributed by atoms with Crippen molar-refractivity contribution in [3.05, 3.63) is 29.8 Å². The monoisotopic (exact) mass is 331 g/mol. The van der Waals surface area contributed by atoms with Crippen LogP contribution in [-0.4, -0.2) is 36.3 Å². The molecule has 0 aromatic heterocycles. The van der Waals surface area contributed by atoms with Gasteiger partial charge in [-0.05, 0) is 50.3 Å². The molecule has 0 atom stereocenters. The molecule has 2 amide bonds. The van der Waals surface area contributed by atoms with Gasteiger partial charge in [0, 0.05) is 30.9 Å². The summed E-state index contributed by atoms with van der Waals surface area (Å²) in [4.78, 5) is 27.1. The molecule has 1 aromatic carbocycles. The Morgan fingerprint density at radius 1 is 1.17 bits per heavy atom. The van der Waals surface area contributed by atoms with Crippen molar-refractivity contribution in [1.29, 1.82) is 0 Å². The van der Waals surface area contributed by atoms with Crippen LogP contribution in [0.25, 0.3) is 0 Å². The highest BCUT2D eigenvalue weighted by atomic mass is 16.2. The second-order valence-corrected chi connectivity index (χ2v) is 6.58. The van der Waals surface area contributed by atoms with Gasteiger partial charge in [-0.2, -0.15) is 0 Å². The van der Waals surface area contributed by atoms with Crippen LogP contribution in [0.15, 0.2) is 24.3 Å². The van der Waals surface area contributed by atoms with Crippen LogP contribution in [0.4, 0.5) is 5.69 Å². The molecule has 5 heteroatoms. The van der Waals surface area contributed by atoms with Gasteiger partial charge in [-0.1, -0.05) is 19.9 Å². The third kappa shape index (κ3) is 3.96. The number of rotatable bonds is 6. The first kappa shape index (κ1) is 18.5. The molecule has 3 N–H and O–H groups in total. The van der Waals surface area contributed by atoms with E-state index in [2.05, 4.69) is 5.32 Å². The Hall–Kier alpha value is -1.88. The molecule has 1 fully saturated rings. The number of nitrogens with one attached hydrogen (secondary N) is 1. The first-order valence-electron chi connectivity index (χ1n) is 8.97. The molecule has 1 heterocycles. The molecule has 1 aliphatic heterocycles. The number of nitrogens with two attached hydrogens (primary N) is 1. The van der Waals surface area contributed by atoms with Gasteiger partial charge >= 0.3 is 0 Å². The van der Waals surface area contributed by atoms with Crippen LogP contribution < -0.4 is 11.1 Å². The van der Waals surface area contributed by atoms with Gasteiger partial charge in [-0.25, -0.2) is 0 Å². The standard InChI is InChI=1S/C19H29N3O2/c1-3-19(4-2,14-20)18(24)21-16-10-8-9-15(13-16)17(23)22-11-6-5-7-12-22/h8-10,13H,3-7,11-12,14,20H2,1-2H3,(H,21,24). The highest BCUT2D eigenvalue weighted by Crippen LogP contribution is 2.27. The summed E-state index contributed by atoms with van der Waals surface area (Å²) in [5.41, 5.74) is 6.57. The summed E-state index contributed by atoms with van der Waals surface area (Å²) in [7, 11) is 0. The van der Waals surface area contributed by atoms with E-state index < -0.39 is 5.41 Å². The Balaban J connectivity index is 2.12. The maximum Gasteiger partial charge on any atom is 0.253 e. The van der Waals surface area contributed by atoms with Crippen LogP contribution in [-0.2, 0) is 4.79 Å². The van der Waals surface area contributed by atoms with E-state index in [0.29, 0.717) is 30.6 Å². The summed E-state index contributed by atoms with van der Waals surface area (Å²) < 4.78 is 0. The second-order valence-electron chi connectivity index (χ2n) is 6.58. The minimum atomic E-state index is -0.549. The zero-order chi connectivity index (χ0) is 17.6. The van der Waals surface area contributed by atoms with E-state index in [0.717, 1.165) is 25.9 Å². The summed E-state index contributed by atoms with van der Waals surface area (Å²) in [5.74, 6) is -0.0283. The van der Waals surface area contributed by atoms with Gasteiger partial charge in [0.15, 0.2) is 0 Å². The van der Waals surface area contributed by atoms with Crippen molar-refractivity contribution < 1.29 is 9.59 Å². The van der Waals surface area contributed by atoms with E-state index in [1.807, 2.05) is 36.9 Å². The predicted molar refractivity (Wildman–Crippen MR) is 96.9 cm³/mol. The molecule has 0 saturated carbocycles. The fourth-order valence-electron chi connectivity index (χ4n) is 3.23. The van der Waals surface area contributed by atoms with Gasteiger partial charge in [0.1, 0.15) is 0 Å². The summed E-state index contributed by atoms with van der Waals surface area (Å²) in [6.07, 6.45) is 4.70. The topological polar surface area (TPSA) is 75.4 Å². The highest BCUT2D eigenvalue weighted by molar-refractivity contribution is 5.98. The van der Waals surface area contributed by atoms with Gasteiger partial charge in [0.05, 0.1) is 5.41 Å². The molecule has 0 spiro atoms. The number of likely N-dealkylation sites (tertiary alicyclic amines) is 1. The molecule has 1 saturated heterocycles. The Morgan fingerprint density at radius 3 is 2.42 bits per heavy atom. The minimum Gasteiger partial charge on any atom is -0.339 e. The number of amides is 2. The molecule has 0 unspecified atom stereocenters. The lowest BCUT2D eigenvalue weighted by molar-refractivity contribution is -0.125. The van der Waals surface area contributed by atoms with Crippen molar-refractivity contribution in [1.82, 2.24) is 4.90 Å². The van der Waals surface area contributed by atoms with E-state index in [1.54, 1.807) is 6.07 Å². The molecule has 0 bridgehead atoms. The van der Waals surface area contributed by atoms with Gasteiger partial charge in [-0.3, -0.25) is 9.59 Å². The first-order chi connectivity index (χ1) is 11.6. The van der Waals surface area contributed by atoms with Crippen LogP contribution in [0.2, 0.25) is 0 Å². The van der Waals surface area contributed by atoms with Crippen LogP contribution in [0.5, 0.6) is 0 Å². The lowest BCUT2D eigenvalue weighted by Gasteiger charge is -2.29. The number of anilines is 1. The van der Waals surface area contributed by atoms with Gasteiger partial charge in [-0.15, -0.1) is 0 Å². The largest absolute Gasteiger partial charge is 0.339 e. The molecule has 24 heavy (non-hydrogen) atoms. The molecule has 5 nitrogen and oxygen atoms in total. The molecule has 132 valence electrons. The van der Waals surface area contributed by atoms with Gasteiger partial charge in [0.25, 0.3) is 5.91 Å². The third-order valence-corrected chi connectivity index (χ3v) is 5.24. The Kier molecular flexibility index (Phi) is 6.37. The van der Waals surface area contributed by atoms with Crippen molar-refractivity contribution in [2.75, 3.05) is 25.0 Å². The van der Waals surface area contributed by atoms with Crippen LogP contribution >= 0.6 is 0 Å². The number of hydrogen-bond acceptors (Lipinski definition) is 3. The van der Waals surface area contributed by atoms with E-state index in [1.165, 1.54) is 6.42 Å². The normalized spacial score (nSPS) is 15.2. The van der Waals surface area contributed by atoms with Crippen molar-refractivity contribution >= 4 is 17.5 Å². The summed E-state index contributed by atoms with van der Waals surface area (Å²) in [5, 5.41) is 2.94. The number of benzene rings is 1. The van der Waals surface area contributed by atoms with Crippen molar-refractivity contribution in [2.24, 2.45) is 11.1 Å². The first-order valence-corrected chi connectivity index (χ1v) is 8.97.